The number of aromatic nitrogens is 3. The summed E-state index contributed by atoms with van der Waals surface area (Å²) in [6, 6.07) is 11.0. The number of hydrogen-bond donors (Lipinski definition) is 1. The molecule has 2 aliphatic rings. The number of cyclic esters (lactones) is 1. The molecular weight excluding hydrogens is 546 g/mol. The molecule has 11 heteroatoms. The summed E-state index contributed by atoms with van der Waals surface area (Å²) in [4.78, 5) is 45.9. The molecule has 4 heterocycles. The van der Waals surface area contributed by atoms with Crippen LogP contribution in [0.15, 0.2) is 41.2 Å². The van der Waals surface area contributed by atoms with Crippen LogP contribution < -0.4 is 15.8 Å². The van der Waals surface area contributed by atoms with Crippen LogP contribution in [0.3, 0.4) is 0 Å². The molecule has 2 aromatic heterocycles. The van der Waals surface area contributed by atoms with E-state index in [1.165, 1.54) is 0 Å². The van der Waals surface area contributed by atoms with E-state index in [0.29, 0.717) is 52.7 Å². The highest BCUT2D eigenvalue weighted by molar-refractivity contribution is 6.31. The van der Waals surface area contributed by atoms with E-state index in [4.69, 9.17) is 26.1 Å². The van der Waals surface area contributed by atoms with Crippen molar-refractivity contribution in [3.8, 4) is 0 Å². The number of benzene rings is 2. The molecule has 2 aromatic carbocycles. The Morgan fingerprint density at radius 3 is 2.76 bits per heavy atom. The van der Waals surface area contributed by atoms with Crippen LogP contribution >= 0.6 is 11.6 Å². The summed E-state index contributed by atoms with van der Waals surface area (Å²) in [6.07, 6.45) is 1.16. The maximum Gasteiger partial charge on any atom is 0.407 e. The van der Waals surface area contributed by atoms with E-state index >= 15 is 0 Å². The molecule has 0 bridgehead atoms. The predicted octanol–water partition coefficient (Wildman–Crippen LogP) is 4.75. The summed E-state index contributed by atoms with van der Waals surface area (Å²) in [5.41, 5.74) is 2.86. The van der Waals surface area contributed by atoms with Gasteiger partial charge in [0, 0.05) is 42.2 Å². The molecule has 1 saturated heterocycles. The summed E-state index contributed by atoms with van der Waals surface area (Å²) in [7, 11) is 1.70. The summed E-state index contributed by atoms with van der Waals surface area (Å²) in [5, 5.41) is 4.35. The Morgan fingerprint density at radius 2 is 2.00 bits per heavy atom. The van der Waals surface area contributed by atoms with Gasteiger partial charge in [-0.3, -0.25) is 4.79 Å². The number of carbonyl (C=O) groups is 2. The molecule has 2 aliphatic heterocycles. The van der Waals surface area contributed by atoms with Crippen molar-refractivity contribution in [3.63, 3.8) is 0 Å². The van der Waals surface area contributed by atoms with E-state index in [2.05, 4.69) is 10.2 Å². The van der Waals surface area contributed by atoms with Crippen LogP contribution in [-0.4, -0.2) is 50.9 Å². The fraction of sp³-hybridized carbons (Fsp3) is 0.400. The molecule has 10 nitrogen and oxygen atoms in total. The topological polar surface area (TPSA) is 108 Å². The van der Waals surface area contributed by atoms with Crippen molar-refractivity contribution >= 4 is 51.5 Å². The van der Waals surface area contributed by atoms with Crippen LogP contribution in [0.1, 0.15) is 55.1 Å². The van der Waals surface area contributed by atoms with Gasteiger partial charge in [-0.2, -0.15) is 0 Å². The van der Waals surface area contributed by atoms with Gasteiger partial charge in [0.15, 0.2) is 0 Å². The number of ether oxygens (including phenoxy) is 2. The zero-order valence-electron chi connectivity index (χ0n) is 23.5. The van der Waals surface area contributed by atoms with Gasteiger partial charge in [0.05, 0.1) is 17.6 Å². The number of aryl methyl sites for hydroxylation is 1. The lowest BCUT2D eigenvalue weighted by atomic mass is 10.0. The molecule has 41 heavy (non-hydrogen) atoms. The first kappa shape index (κ1) is 27.1. The van der Waals surface area contributed by atoms with Crippen LogP contribution in [0.25, 0.3) is 21.9 Å². The van der Waals surface area contributed by atoms with Gasteiger partial charge in [0.25, 0.3) is 5.56 Å². The highest BCUT2D eigenvalue weighted by Crippen LogP contribution is 2.33. The van der Waals surface area contributed by atoms with Crippen molar-refractivity contribution in [2.75, 3.05) is 18.0 Å². The number of nitrogens with one attached hydrogen (secondary N) is 1. The van der Waals surface area contributed by atoms with Gasteiger partial charge in [-0.1, -0.05) is 29.8 Å². The number of hydrogen-bond acceptors (Lipinski definition) is 7. The zero-order chi connectivity index (χ0) is 29.1. The van der Waals surface area contributed by atoms with Gasteiger partial charge < -0.3 is 28.8 Å². The summed E-state index contributed by atoms with van der Waals surface area (Å²) >= 11 is 6.57. The largest absolute Gasteiger partial charge is 0.457 e. The highest BCUT2D eigenvalue weighted by Gasteiger charge is 2.30. The van der Waals surface area contributed by atoms with E-state index in [-0.39, 0.29) is 18.2 Å². The molecule has 0 spiro atoms. The number of alkyl carbamates (subject to hydrolysis) is 1. The van der Waals surface area contributed by atoms with Gasteiger partial charge in [0.2, 0.25) is 5.95 Å². The van der Waals surface area contributed by atoms with Crippen molar-refractivity contribution < 1.29 is 19.1 Å². The average Bonchev–Trinajstić information content (AvgIpc) is 3.47. The van der Waals surface area contributed by atoms with E-state index in [1.54, 1.807) is 17.7 Å². The number of anilines is 1. The molecule has 1 atom stereocenters. The van der Waals surface area contributed by atoms with Gasteiger partial charge in [-0.15, -0.1) is 0 Å². The third-order valence-corrected chi connectivity index (χ3v) is 7.95. The van der Waals surface area contributed by atoms with Crippen LogP contribution in [0.2, 0.25) is 5.02 Å². The first-order chi connectivity index (χ1) is 19.5. The number of fused-ring (bicyclic) bond motifs is 4. The summed E-state index contributed by atoms with van der Waals surface area (Å²) < 4.78 is 14.2. The van der Waals surface area contributed by atoms with Crippen molar-refractivity contribution in [1.29, 1.82) is 0 Å². The smallest absolute Gasteiger partial charge is 0.407 e. The Labute approximate surface area is 241 Å². The zero-order valence-corrected chi connectivity index (χ0v) is 24.2. The minimum absolute atomic E-state index is 0.154. The molecule has 6 rings (SSSR count). The standard InChI is InChI=1S/C30H32ClN5O5/c1-30(2,3)41-29(39)32-19-9-7-11-35(15-19)28-33-24-21-12-18-16-40-27(38)20(18)13-23(21)34(4)26(37)25(24)36(28)14-17-8-5-6-10-22(17)31/h5-6,8,10,12-13,19H,7,9,11,14-16H2,1-4H3,(H,32,39)/t19-/m1/s1. The molecule has 0 unspecified atom stereocenters. The minimum Gasteiger partial charge on any atom is -0.457 e. The monoisotopic (exact) mass is 577 g/mol. The van der Waals surface area contributed by atoms with Crippen LogP contribution in [0.4, 0.5) is 10.7 Å². The quantitative estimate of drug-likeness (QED) is 0.349. The fourth-order valence-corrected chi connectivity index (χ4v) is 5.88. The van der Waals surface area contributed by atoms with Crippen molar-refractivity contribution in [2.45, 2.75) is 58.4 Å². The SMILES string of the molecule is Cn1c(=O)c2c(nc(N3CCC[C@@H](NC(=O)OC(C)(C)C)C3)n2Cc2ccccc2Cl)c2cc3c(cc21)C(=O)OC3. The van der Waals surface area contributed by atoms with Crippen LogP contribution in [0.5, 0.6) is 0 Å². The number of nitrogens with zero attached hydrogens (tertiary/aromatic N) is 4. The van der Waals surface area contributed by atoms with E-state index in [9.17, 15) is 14.4 Å². The lowest BCUT2D eigenvalue weighted by molar-refractivity contribution is 0.0497. The second-order valence-electron chi connectivity index (χ2n) is 11.7. The normalized spacial score (nSPS) is 17.1. The van der Waals surface area contributed by atoms with Gasteiger partial charge in [0.1, 0.15) is 23.2 Å². The lowest BCUT2D eigenvalue weighted by Crippen LogP contribution is -2.49. The van der Waals surface area contributed by atoms with E-state index in [1.807, 2.05) is 55.7 Å². The Hall–Kier alpha value is -4.05. The molecule has 1 fully saturated rings. The Kier molecular flexibility index (Phi) is 6.68. The average molecular weight is 578 g/mol. The molecule has 0 aliphatic carbocycles. The number of halogens is 1. The Morgan fingerprint density at radius 1 is 1.22 bits per heavy atom. The lowest BCUT2D eigenvalue weighted by Gasteiger charge is -2.34. The van der Waals surface area contributed by atoms with E-state index < -0.39 is 17.7 Å². The molecule has 4 aromatic rings. The van der Waals surface area contributed by atoms with Gasteiger partial charge in [-0.25, -0.2) is 14.6 Å². The molecule has 0 radical (unpaired) electrons. The second-order valence-corrected chi connectivity index (χ2v) is 12.1. The Balaban J connectivity index is 1.49. The third-order valence-electron chi connectivity index (χ3n) is 7.58. The third kappa shape index (κ3) is 5.01. The Bertz CT molecular complexity index is 1770. The first-order valence-corrected chi connectivity index (χ1v) is 14.1. The van der Waals surface area contributed by atoms with Gasteiger partial charge in [-0.05, 0) is 57.4 Å². The summed E-state index contributed by atoms with van der Waals surface area (Å²) in [5.74, 6) is 0.226. The highest BCUT2D eigenvalue weighted by atomic mass is 35.5. The maximum absolute atomic E-state index is 13.9. The van der Waals surface area contributed by atoms with Crippen molar-refractivity contribution in [3.05, 3.63) is 68.5 Å². The molecule has 1 amide bonds. The maximum atomic E-state index is 13.9. The number of amides is 1. The summed E-state index contributed by atoms with van der Waals surface area (Å²) in [6.45, 7) is 7.22. The van der Waals surface area contributed by atoms with Crippen LogP contribution in [0, 0.1) is 0 Å². The van der Waals surface area contributed by atoms with Gasteiger partial charge >= 0.3 is 12.1 Å². The number of rotatable bonds is 4. The first-order valence-electron chi connectivity index (χ1n) is 13.7. The number of pyridine rings is 1. The molecule has 214 valence electrons. The second kappa shape index (κ2) is 10.1. The minimum atomic E-state index is -0.599. The van der Waals surface area contributed by atoms with Crippen molar-refractivity contribution in [1.82, 2.24) is 19.4 Å². The molecule has 1 N–H and O–H groups in total. The van der Waals surface area contributed by atoms with E-state index in [0.717, 1.165) is 29.4 Å². The predicted molar refractivity (Wildman–Crippen MR) is 157 cm³/mol. The van der Waals surface area contributed by atoms with Crippen LogP contribution in [-0.2, 0) is 29.7 Å². The fourth-order valence-electron chi connectivity index (χ4n) is 5.68. The number of piperidine rings is 1. The number of imidazole rings is 1. The number of carbonyl (C=O) groups excluding carboxylic acids is 2. The van der Waals surface area contributed by atoms with Crippen molar-refractivity contribution in [2.24, 2.45) is 7.05 Å². The molecule has 0 saturated carbocycles. The molecular formula is C30H32ClN5O5. The number of esters is 1.